The Bertz CT molecular complexity index is 1130. The molecule has 1 amide bonds. The summed E-state index contributed by atoms with van der Waals surface area (Å²) in [6, 6.07) is 11.6. The zero-order valence-electron chi connectivity index (χ0n) is 15.0. The van der Waals surface area contributed by atoms with E-state index in [2.05, 4.69) is 14.1 Å². The predicted octanol–water partition coefficient (Wildman–Crippen LogP) is 3.21. The second-order valence-electron chi connectivity index (χ2n) is 6.38. The summed E-state index contributed by atoms with van der Waals surface area (Å²) in [5.74, 6) is -0.317. The standard InChI is InChI=1S/C18H18N4O3S3/c1-26-13-6-2-5-12(11-13)19-18(23)15-8-4-10-22(15)28(24,25)16-9-3-7-14-17(16)21-27-20-14/h2-3,5-7,9,11,15H,4,8,10H2,1H3,(H,19,23)/t15-/m0/s1. The normalized spacial score (nSPS) is 17.8. The monoisotopic (exact) mass is 434 g/mol. The van der Waals surface area contributed by atoms with Crippen molar-refractivity contribution in [3.63, 3.8) is 0 Å². The van der Waals surface area contributed by atoms with Crippen LogP contribution in [0.2, 0.25) is 0 Å². The first-order chi connectivity index (χ1) is 13.5. The van der Waals surface area contributed by atoms with Crippen LogP contribution in [0.15, 0.2) is 52.3 Å². The summed E-state index contributed by atoms with van der Waals surface area (Å²) >= 11 is 2.55. The highest BCUT2D eigenvalue weighted by Gasteiger charge is 2.40. The van der Waals surface area contributed by atoms with Crippen LogP contribution in [0.5, 0.6) is 0 Å². The van der Waals surface area contributed by atoms with Gasteiger partial charge in [-0.3, -0.25) is 4.79 Å². The molecular formula is C18H18N4O3S3. The van der Waals surface area contributed by atoms with Crippen molar-refractivity contribution >= 4 is 56.1 Å². The molecule has 1 aliphatic heterocycles. The van der Waals surface area contributed by atoms with Gasteiger partial charge in [-0.1, -0.05) is 12.1 Å². The third-order valence-corrected chi connectivity index (χ3v) is 7.89. The lowest BCUT2D eigenvalue weighted by atomic mass is 10.2. The number of carbonyl (C=O) groups is 1. The van der Waals surface area contributed by atoms with Gasteiger partial charge in [0.15, 0.2) is 0 Å². The molecule has 0 bridgehead atoms. The fraction of sp³-hybridized carbons (Fsp3) is 0.278. The summed E-state index contributed by atoms with van der Waals surface area (Å²) in [6.07, 6.45) is 3.08. The van der Waals surface area contributed by atoms with Crippen molar-refractivity contribution in [2.45, 2.75) is 28.7 Å². The maximum atomic E-state index is 13.3. The number of sulfonamides is 1. The van der Waals surface area contributed by atoms with E-state index in [4.69, 9.17) is 0 Å². The lowest BCUT2D eigenvalue weighted by molar-refractivity contribution is -0.119. The van der Waals surface area contributed by atoms with Crippen LogP contribution < -0.4 is 5.32 Å². The predicted molar refractivity (Wildman–Crippen MR) is 111 cm³/mol. The number of carbonyl (C=O) groups excluding carboxylic acids is 1. The van der Waals surface area contributed by atoms with Gasteiger partial charge in [-0.05, 0) is 49.4 Å². The van der Waals surface area contributed by atoms with E-state index in [1.54, 1.807) is 30.0 Å². The van der Waals surface area contributed by atoms with E-state index >= 15 is 0 Å². The van der Waals surface area contributed by atoms with Crippen molar-refractivity contribution in [1.82, 2.24) is 13.1 Å². The lowest BCUT2D eigenvalue weighted by Gasteiger charge is -2.23. The van der Waals surface area contributed by atoms with Crippen LogP contribution in [0.1, 0.15) is 12.8 Å². The molecule has 1 saturated heterocycles. The number of rotatable bonds is 5. The fourth-order valence-electron chi connectivity index (χ4n) is 3.33. The molecule has 0 spiro atoms. The molecule has 1 atom stereocenters. The Kier molecular flexibility index (Phi) is 5.37. The van der Waals surface area contributed by atoms with Gasteiger partial charge in [0.1, 0.15) is 22.0 Å². The molecule has 0 radical (unpaired) electrons. The number of benzene rings is 2. The minimum atomic E-state index is -3.86. The smallest absolute Gasteiger partial charge is 0.246 e. The number of fused-ring (bicyclic) bond motifs is 1. The molecule has 10 heteroatoms. The Morgan fingerprint density at radius 1 is 1.25 bits per heavy atom. The van der Waals surface area contributed by atoms with Gasteiger partial charge in [0.25, 0.3) is 0 Å². The number of aromatic nitrogens is 2. The summed E-state index contributed by atoms with van der Waals surface area (Å²) in [4.78, 5) is 14.0. The van der Waals surface area contributed by atoms with Crippen molar-refractivity contribution in [2.75, 3.05) is 18.1 Å². The fourth-order valence-corrected chi connectivity index (χ4v) is 6.20. The van der Waals surface area contributed by atoms with Crippen molar-refractivity contribution in [1.29, 1.82) is 0 Å². The Hall–Kier alpha value is -2.01. The molecule has 1 aliphatic rings. The third-order valence-electron chi connectivity index (χ3n) is 4.68. The van der Waals surface area contributed by atoms with E-state index < -0.39 is 16.1 Å². The second-order valence-corrected chi connectivity index (χ2v) is 9.65. The van der Waals surface area contributed by atoms with Gasteiger partial charge >= 0.3 is 0 Å². The van der Waals surface area contributed by atoms with E-state index in [0.717, 1.165) is 16.6 Å². The molecule has 2 heterocycles. The van der Waals surface area contributed by atoms with Gasteiger partial charge in [0.2, 0.25) is 15.9 Å². The molecule has 7 nitrogen and oxygen atoms in total. The van der Waals surface area contributed by atoms with Gasteiger partial charge in [0.05, 0.1) is 11.7 Å². The number of thioether (sulfide) groups is 1. The Balaban J connectivity index is 1.62. The van der Waals surface area contributed by atoms with Gasteiger partial charge in [0, 0.05) is 17.1 Å². The average molecular weight is 435 g/mol. The summed E-state index contributed by atoms with van der Waals surface area (Å²) < 4.78 is 36.1. The number of hydrogen-bond acceptors (Lipinski definition) is 7. The van der Waals surface area contributed by atoms with Crippen LogP contribution >= 0.6 is 23.5 Å². The summed E-state index contributed by atoms with van der Waals surface area (Å²) in [6.45, 7) is 0.305. The average Bonchev–Trinajstić information content (AvgIpc) is 3.37. The first-order valence-corrected chi connectivity index (χ1v) is 12.1. The van der Waals surface area contributed by atoms with Crippen LogP contribution in [-0.4, -0.2) is 46.2 Å². The highest BCUT2D eigenvalue weighted by Crippen LogP contribution is 2.30. The number of anilines is 1. The Labute approximate surface area is 171 Å². The molecular weight excluding hydrogens is 416 g/mol. The molecule has 146 valence electrons. The number of hydrogen-bond donors (Lipinski definition) is 1. The summed E-state index contributed by atoms with van der Waals surface area (Å²) in [5, 5.41) is 2.86. The number of nitrogens with one attached hydrogen (secondary N) is 1. The zero-order chi connectivity index (χ0) is 19.7. The maximum absolute atomic E-state index is 13.3. The molecule has 2 aromatic carbocycles. The Morgan fingerprint density at radius 3 is 2.89 bits per heavy atom. The van der Waals surface area contributed by atoms with E-state index in [0.29, 0.717) is 36.1 Å². The van der Waals surface area contributed by atoms with E-state index in [-0.39, 0.29) is 10.8 Å². The minimum Gasteiger partial charge on any atom is -0.325 e. The number of amides is 1. The second kappa shape index (κ2) is 7.78. The van der Waals surface area contributed by atoms with Gasteiger partial charge in [-0.15, -0.1) is 11.8 Å². The zero-order valence-corrected chi connectivity index (χ0v) is 17.5. The van der Waals surface area contributed by atoms with Crippen molar-refractivity contribution in [3.8, 4) is 0 Å². The molecule has 1 fully saturated rings. The van der Waals surface area contributed by atoms with Crippen molar-refractivity contribution in [2.24, 2.45) is 0 Å². The quantitative estimate of drug-likeness (QED) is 0.620. The molecule has 1 aromatic heterocycles. The third kappa shape index (κ3) is 3.52. The molecule has 0 aliphatic carbocycles. The van der Waals surface area contributed by atoms with E-state index in [1.165, 1.54) is 10.4 Å². The first-order valence-electron chi connectivity index (χ1n) is 8.69. The highest BCUT2D eigenvalue weighted by molar-refractivity contribution is 7.98. The summed E-state index contributed by atoms with van der Waals surface area (Å²) in [7, 11) is -3.86. The van der Waals surface area contributed by atoms with Gasteiger partial charge in [-0.2, -0.15) is 13.1 Å². The van der Waals surface area contributed by atoms with Crippen LogP contribution in [0.4, 0.5) is 5.69 Å². The van der Waals surface area contributed by atoms with Crippen LogP contribution in [0.3, 0.4) is 0 Å². The first kappa shape index (κ1) is 19.3. The molecule has 1 N–H and O–H groups in total. The number of nitrogens with zero attached hydrogens (tertiary/aromatic N) is 3. The van der Waals surface area contributed by atoms with Gasteiger partial charge in [-0.25, -0.2) is 8.42 Å². The van der Waals surface area contributed by atoms with Crippen LogP contribution in [0.25, 0.3) is 11.0 Å². The van der Waals surface area contributed by atoms with Crippen molar-refractivity contribution < 1.29 is 13.2 Å². The SMILES string of the molecule is CSc1cccc(NC(=O)[C@@H]2CCCN2S(=O)(=O)c2cccc3nsnc23)c1. The van der Waals surface area contributed by atoms with E-state index in [9.17, 15) is 13.2 Å². The molecule has 3 aromatic rings. The molecule has 28 heavy (non-hydrogen) atoms. The van der Waals surface area contributed by atoms with Gasteiger partial charge < -0.3 is 5.32 Å². The Morgan fingerprint density at radius 2 is 2.07 bits per heavy atom. The topological polar surface area (TPSA) is 92.3 Å². The molecule has 4 rings (SSSR count). The maximum Gasteiger partial charge on any atom is 0.246 e. The molecule has 0 saturated carbocycles. The van der Waals surface area contributed by atoms with E-state index in [1.807, 2.05) is 24.5 Å². The lowest BCUT2D eigenvalue weighted by Crippen LogP contribution is -2.43. The van der Waals surface area contributed by atoms with Crippen LogP contribution in [0, 0.1) is 0 Å². The van der Waals surface area contributed by atoms with Crippen LogP contribution in [-0.2, 0) is 14.8 Å². The minimum absolute atomic E-state index is 0.0998. The highest BCUT2D eigenvalue weighted by atomic mass is 32.2. The largest absolute Gasteiger partial charge is 0.325 e. The summed E-state index contributed by atoms with van der Waals surface area (Å²) in [5.41, 5.74) is 1.55. The molecule has 0 unspecified atom stereocenters. The van der Waals surface area contributed by atoms with Crippen molar-refractivity contribution in [3.05, 3.63) is 42.5 Å².